The van der Waals surface area contributed by atoms with E-state index in [1.54, 1.807) is 20.2 Å². The summed E-state index contributed by atoms with van der Waals surface area (Å²) in [6.07, 6.45) is 0. The first-order chi connectivity index (χ1) is 9.71. The lowest BCUT2D eigenvalue weighted by atomic mass is 10.1. The highest BCUT2D eigenvalue weighted by atomic mass is 16.5. The van der Waals surface area contributed by atoms with Gasteiger partial charge in [0.25, 0.3) is 5.56 Å². The number of hydrogen-bond donors (Lipinski definition) is 3. The molecule has 6 heteroatoms. The predicted octanol–water partition coefficient (Wildman–Crippen LogP) is 1.97. The molecule has 0 aliphatic rings. The number of methoxy groups -OCH3 is 1. The van der Waals surface area contributed by atoms with Gasteiger partial charge in [-0.3, -0.25) is 9.78 Å². The minimum Gasteiger partial charge on any atom is -0.497 e. The molecule has 0 amide bonds. The van der Waals surface area contributed by atoms with Crippen molar-refractivity contribution in [2.45, 2.75) is 0 Å². The van der Waals surface area contributed by atoms with E-state index < -0.39 is 0 Å². The molecule has 20 heavy (non-hydrogen) atoms. The van der Waals surface area contributed by atoms with Crippen LogP contribution in [-0.4, -0.2) is 29.1 Å². The summed E-state index contributed by atoms with van der Waals surface area (Å²) in [5, 5.41) is 3.35. The lowest BCUT2D eigenvalue weighted by Crippen LogP contribution is -2.10. The van der Waals surface area contributed by atoms with Crippen molar-refractivity contribution >= 4 is 17.0 Å². The number of nitrogens with one attached hydrogen (secondary N) is 3. The van der Waals surface area contributed by atoms with Gasteiger partial charge in [0.2, 0.25) is 5.95 Å². The van der Waals surface area contributed by atoms with Gasteiger partial charge in [-0.05, 0) is 18.2 Å². The van der Waals surface area contributed by atoms with Gasteiger partial charge in [0.15, 0.2) is 0 Å². The second kappa shape index (κ2) is 4.73. The summed E-state index contributed by atoms with van der Waals surface area (Å²) in [4.78, 5) is 22.1. The van der Waals surface area contributed by atoms with Gasteiger partial charge in [0.1, 0.15) is 11.4 Å². The van der Waals surface area contributed by atoms with Crippen LogP contribution in [0, 0.1) is 0 Å². The molecule has 6 nitrogen and oxygen atoms in total. The van der Waals surface area contributed by atoms with E-state index in [1.807, 2.05) is 24.3 Å². The van der Waals surface area contributed by atoms with Crippen molar-refractivity contribution in [2.24, 2.45) is 0 Å². The Kier molecular flexibility index (Phi) is 2.90. The molecular weight excluding hydrogens is 256 g/mol. The number of ether oxygens (including phenoxy) is 1. The maximum atomic E-state index is 11.9. The number of rotatable bonds is 3. The highest BCUT2D eigenvalue weighted by Gasteiger charge is 2.09. The van der Waals surface area contributed by atoms with Crippen molar-refractivity contribution in [1.29, 1.82) is 0 Å². The third-order valence-corrected chi connectivity index (χ3v) is 3.11. The molecule has 0 aliphatic heterocycles. The zero-order chi connectivity index (χ0) is 14.1. The van der Waals surface area contributed by atoms with E-state index in [2.05, 4.69) is 20.3 Å². The number of fused-ring (bicyclic) bond motifs is 1. The van der Waals surface area contributed by atoms with E-state index in [4.69, 9.17) is 4.74 Å². The zero-order valence-electron chi connectivity index (χ0n) is 11.2. The summed E-state index contributed by atoms with van der Waals surface area (Å²) in [6.45, 7) is 0. The fourth-order valence-corrected chi connectivity index (χ4v) is 2.08. The van der Waals surface area contributed by atoms with Gasteiger partial charge >= 0.3 is 0 Å². The second-order valence-corrected chi connectivity index (χ2v) is 4.34. The number of H-pyrrole nitrogens is 2. The van der Waals surface area contributed by atoms with Crippen molar-refractivity contribution in [2.75, 3.05) is 19.5 Å². The third kappa shape index (κ3) is 2.01. The molecule has 3 aromatic rings. The number of aromatic amines is 2. The van der Waals surface area contributed by atoms with Gasteiger partial charge in [-0.15, -0.1) is 0 Å². The summed E-state index contributed by atoms with van der Waals surface area (Å²) >= 11 is 0. The normalized spacial score (nSPS) is 10.7. The number of hydrogen-bond acceptors (Lipinski definition) is 4. The summed E-state index contributed by atoms with van der Waals surface area (Å²) < 4.78 is 5.20. The Morgan fingerprint density at radius 3 is 2.85 bits per heavy atom. The minimum atomic E-state index is -0.176. The number of anilines is 1. The molecule has 1 aromatic carbocycles. The van der Waals surface area contributed by atoms with E-state index in [1.165, 1.54) is 0 Å². The van der Waals surface area contributed by atoms with Crippen molar-refractivity contribution in [3.05, 3.63) is 40.7 Å². The van der Waals surface area contributed by atoms with Crippen LogP contribution in [-0.2, 0) is 0 Å². The van der Waals surface area contributed by atoms with Gasteiger partial charge in [0.05, 0.1) is 12.5 Å². The van der Waals surface area contributed by atoms with Crippen LogP contribution < -0.4 is 15.6 Å². The lowest BCUT2D eigenvalue weighted by molar-refractivity contribution is 0.415. The molecule has 2 heterocycles. The van der Waals surface area contributed by atoms with Crippen molar-refractivity contribution < 1.29 is 4.74 Å². The Morgan fingerprint density at radius 1 is 1.25 bits per heavy atom. The van der Waals surface area contributed by atoms with Crippen molar-refractivity contribution in [3.8, 4) is 17.0 Å². The van der Waals surface area contributed by atoms with Crippen molar-refractivity contribution in [1.82, 2.24) is 15.0 Å². The Balaban J connectivity index is 2.17. The van der Waals surface area contributed by atoms with Crippen LogP contribution >= 0.6 is 0 Å². The largest absolute Gasteiger partial charge is 0.497 e. The smallest absolute Gasteiger partial charge is 0.261 e. The highest BCUT2D eigenvalue weighted by Crippen LogP contribution is 2.25. The highest BCUT2D eigenvalue weighted by molar-refractivity contribution is 5.83. The number of nitrogens with zero attached hydrogens (tertiary/aromatic N) is 1. The lowest BCUT2D eigenvalue weighted by Gasteiger charge is -2.02. The fourth-order valence-electron chi connectivity index (χ4n) is 2.08. The van der Waals surface area contributed by atoms with Crippen LogP contribution in [0.1, 0.15) is 0 Å². The summed E-state index contributed by atoms with van der Waals surface area (Å²) in [5.41, 5.74) is 2.14. The third-order valence-electron chi connectivity index (χ3n) is 3.11. The Labute approximate surface area is 114 Å². The average Bonchev–Trinajstić information content (AvgIpc) is 2.92. The summed E-state index contributed by atoms with van der Waals surface area (Å²) in [7, 11) is 3.33. The quantitative estimate of drug-likeness (QED) is 0.679. The van der Waals surface area contributed by atoms with Crippen LogP contribution in [0.25, 0.3) is 22.3 Å². The Hall–Kier alpha value is -2.76. The zero-order valence-corrected chi connectivity index (χ0v) is 11.2. The van der Waals surface area contributed by atoms with Crippen LogP contribution in [0.15, 0.2) is 35.1 Å². The van der Waals surface area contributed by atoms with Crippen LogP contribution in [0.4, 0.5) is 5.95 Å². The van der Waals surface area contributed by atoms with Gasteiger partial charge in [-0.1, -0.05) is 12.1 Å². The number of aromatic nitrogens is 3. The standard InChI is InChI=1S/C14H14N4O2/c1-15-14-17-12-10(13(19)18-14)7-11(16-12)8-4-3-5-9(6-8)20-2/h3-7H,1-2H3,(H3,15,16,17,18,19). The van der Waals surface area contributed by atoms with E-state index in [9.17, 15) is 4.79 Å². The molecule has 2 aromatic heterocycles. The van der Waals surface area contributed by atoms with Gasteiger partial charge in [0, 0.05) is 18.3 Å². The van der Waals surface area contributed by atoms with Gasteiger partial charge < -0.3 is 15.0 Å². The maximum Gasteiger partial charge on any atom is 0.261 e. The van der Waals surface area contributed by atoms with Crippen molar-refractivity contribution in [3.63, 3.8) is 0 Å². The molecule has 0 unspecified atom stereocenters. The molecule has 3 N–H and O–H groups in total. The SMILES string of the molecule is CNc1nc2[nH]c(-c3cccc(OC)c3)cc2c(=O)[nH]1. The molecule has 0 fully saturated rings. The molecule has 102 valence electrons. The maximum absolute atomic E-state index is 11.9. The van der Waals surface area contributed by atoms with E-state index >= 15 is 0 Å². The first kappa shape index (κ1) is 12.3. The van der Waals surface area contributed by atoms with Crippen LogP contribution in [0.3, 0.4) is 0 Å². The molecule has 0 saturated carbocycles. The fraction of sp³-hybridized carbons (Fsp3) is 0.143. The topological polar surface area (TPSA) is 82.8 Å². The molecule has 0 aliphatic carbocycles. The molecule has 0 radical (unpaired) electrons. The second-order valence-electron chi connectivity index (χ2n) is 4.34. The summed E-state index contributed by atoms with van der Waals surface area (Å²) in [5.74, 6) is 1.19. The molecular formula is C14H14N4O2. The Bertz CT molecular complexity index is 819. The Morgan fingerprint density at radius 2 is 2.10 bits per heavy atom. The monoisotopic (exact) mass is 270 g/mol. The van der Waals surface area contributed by atoms with Gasteiger partial charge in [-0.25, -0.2) is 0 Å². The molecule has 0 saturated heterocycles. The average molecular weight is 270 g/mol. The molecule has 0 spiro atoms. The van der Waals surface area contributed by atoms with Crippen LogP contribution in [0.5, 0.6) is 5.75 Å². The van der Waals surface area contributed by atoms with E-state index in [0.29, 0.717) is 17.0 Å². The first-order valence-electron chi connectivity index (χ1n) is 6.16. The first-order valence-corrected chi connectivity index (χ1v) is 6.16. The van der Waals surface area contributed by atoms with Gasteiger partial charge in [-0.2, -0.15) is 4.98 Å². The van der Waals surface area contributed by atoms with E-state index in [-0.39, 0.29) is 5.56 Å². The predicted molar refractivity (Wildman–Crippen MR) is 78.2 cm³/mol. The molecule has 0 atom stereocenters. The molecule has 3 rings (SSSR count). The minimum absolute atomic E-state index is 0.176. The van der Waals surface area contributed by atoms with Crippen LogP contribution in [0.2, 0.25) is 0 Å². The molecule has 0 bridgehead atoms. The number of benzene rings is 1. The summed E-state index contributed by atoms with van der Waals surface area (Å²) in [6, 6.07) is 9.40. The van der Waals surface area contributed by atoms with E-state index in [0.717, 1.165) is 17.0 Å².